The predicted octanol–water partition coefficient (Wildman–Crippen LogP) is 1.22. The van der Waals surface area contributed by atoms with Gasteiger partial charge < -0.3 is 10.6 Å². The van der Waals surface area contributed by atoms with E-state index in [1.54, 1.807) is 4.68 Å². The van der Waals surface area contributed by atoms with Crippen molar-refractivity contribution in [3.8, 4) is 0 Å². The molecule has 1 heterocycles. The molecule has 1 unspecified atom stereocenters. The van der Waals surface area contributed by atoms with E-state index in [0.717, 1.165) is 23.6 Å². The Bertz CT molecular complexity index is 397. The van der Waals surface area contributed by atoms with Crippen LogP contribution in [-0.4, -0.2) is 28.8 Å². The van der Waals surface area contributed by atoms with Crippen LogP contribution in [0.15, 0.2) is 0 Å². The van der Waals surface area contributed by atoms with Crippen LogP contribution in [0.25, 0.3) is 0 Å². The third-order valence-electron chi connectivity index (χ3n) is 2.91. The van der Waals surface area contributed by atoms with Crippen molar-refractivity contribution in [2.24, 2.45) is 13.0 Å². The number of hydrogen-bond donors (Lipinski definition) is 2. The Kier molecular flexibility index (Phi) is 4.69. The molecule has 0 saturated carbocycles. The van der Waals surface area contributed by atoms with Gasteiger partial charge in [0.1, 0.15) is 0 Å². The lowest BCUT2D eigenvalue weighted by atomic mass is 10.1. The summed E-state index contributed by atoms with van der Waals surface area (Å²) in [7, 11) is 1.88. The van der Waals surface area contributed by atoms with E-state index >= 15 is 0 Å². The van der Waals surface area contributed by atoms with Crippen molar-refractivity contribution >= 4 is 11.6 Å². The third-order valence-corrected chi connectivity index (χ3v) is 2.91. The molecule has 0 aromatic carbocycles. The first kappa shape index (κ1) is 13.7. The van der Waals surface area contributed by atoms with Gasteiger partial charge in [0.15, 0.2) is 0 Å². The molecule has 1 aromatic heterocycles. The summed E-state index contributed by atoms with van der Waals surface area (Å²) in [6.07, 6.45) is 0. The Morgan fingerprint density at radius 3 is 2.59 bits per heavy atom. The van der Waals surface area contributed by atoms with E-state index in [-0.39, 0.29) is 11.8 Å². The van der Waals surface area contributed by atoms with E-state index in [1.165, 1.54) is 0 Å². The molecule has 1 amide bonds. The van der Waals surface area contributed by atoms with Gasteiger partial charge in [-0.3, -0.25) is 9.48 Å². The maximum Gasteiger partial charge on any atom is 0.228 e. The Morgan fingerprint density at radius 2 is 2.12 bits per heavy atom. The largest absolute Gasteiger partial charge is 0.323 e. The molecule has 0 saturated heterocycles. The predicted molar refractivity (Wildman–Crippen MR) is 69.0 cm³/mol. The second kappa shape index (κ2) is 5.82. The van der Waals surface area contributed by atoms with Crippen LogP contribution in [-0.2, 0) is 11.8 Å². The fourth-order valence-electron chi connectivity index (χ4n) is 1.65. The smallest absolute Gasteiger partial charge is 0.228 e. The van der Waals surface area contributed by atoms with E-state index < -0.39 is 0 Å². The first-order chi connectivity index (χ1) is 7.97. The molecule has 1 rings (SSSR count). The van der Waals surface area contributed by atoms with Gasteiger partial charge in [-0.2, -0.15) is 5.10 Å². The van der Waals surface area contributed by atoms with Gasteiger partial charge >= 0.3 is 0 Å². The molecular formula is C12H22N4O. The highest BCUT2D eigenvalue weighted by Crippen LogP contribution is 2.18. The van der Waals surface area contributed by atoms with Crippen molar-refractivity contribution in [2.45, 2.75) is 27.7 Å². The first-order valence-electron chi connectivity index (χ1n) is 5.99. The van der Waals surface area contributed by atoms with Crippen LogP contribution in [0.1, 0.15) is 25.2 Å². The van der Waals surface area contributed by atoms with E-state index in [9.17, 15) is 4.79 Å². The summed E-state index contributed by atoms with van der Waals surface area (Å²) in [5, 5.41) is 10.4. The standard InChI is InChI=1S/C12H22N4O/c1-6-13-7-8(2)12(17)14-11-9(3)15-16(5)10(11)4/h8,13H,6-7H2,1-5H3,(H,14,17). The molecule has 1 aromatic rings. The lowest BCUT2D eigenvalue weighted by molar-refractivity contribution is -0.119. The van der Waals surface area contributed by atoms with Crippen LogP contribution in [0.4, 0.5) is 5.69 Å². The van der Waals surface area contributed by atoms with Gasteiger partial charge in [-0.25, -0.2) is 0 Å². The van der Waals surface area contributed by atoms with Crippen LogP contribution in [0.5, 0.6) is 0 Å². The minimum absolute atomic E-state index is 0.0325. The first-order valence-corrected chi connectivity index (χ1v) is 5.99. The van der Waals surface area contributed by atoms with Crippen molar-refractivity contribution in [1.29, 1.82) is 0 Å². The van der Waals surface area contributed by atoms with Crippen LogP contribution in [0.3, 0.4) is 0 Å². The number of anilines is 1. The summed E-state index contributed by atoms with van der Waals surface area (Å²) in [5.41, 5.74) is 2.67. The number of carbonyl (C=O) groups is 1. The van der Waals surface area contributed by atoms with Crippen molar-refractivity contribution in [3.63, 3.8) is 0 Å². The van der Waals surface area contributed by atoms with Crippen LogP contribution in [0, 0.1) is 19.8 Å². The van der Waals surface area contributed by atoms with Gasteiger partial charge in [0, 0.05) is 19.5 Å². The van der Waals surface area contributed by atoms with Crippen LogP contribution in [0.2, 0.25) is 0 Å². The van der Waals surface area contributed by atoms with Crippen molar-refractivity contribution in [2.75, 3.05) is 18.4 Å². The fourth-order valence-corrected chi connectivity index (χ4v) is 1.65. The Morgan fingerprint density at radius 1 is 1.47 bits per heavy atom. The normalized spacial score (nSPS) is 12.5. The van der Waals surface area contributed by atoms with Gasteiger partial charge in [0.05, 0.1) is 17.1 Å². The molecule has 1 atom stereocenters. The number of nitrogens with zero attached hydrogens (tertiary/aromatic N) is 2. The summed E-state index contributed by atoms with van der Waals surface area (Å²) < 4.78 is 1.78. The summed E-state index contributed by atoms with van der Waals surface area (Å²) in [4.78, 5) is 11.9. The molecule has 17 heavy (non-hydrogen) atoms. The number of carbonyl (C=O) groups excluding carboxylic acids is 1. The molecule has 2 N–H and O–H groups in total. The second-order valence-electron chi connectivity index (χ2n) is 4.37. The van der Waals surface area contributed by atoms with E-state index in [4.69, 9.17) is 0 Å². The number of aromatic nitrogens is 2. The zero-order valence-corrected chi connectivity index (χ0v) is 11.3. The number of nitrogens with one attached hydrogen (secondary N) is 2. The van der Waals surface area contributed by atoms with Gasteiger partial charge in [-0.15, -0.1) is 0 Å². The topological polar surface area (TPSA) is 59.0 Å². The molecular weight excluding hydrogens is 216 g/mol. The Balaban J connectivity index is 2.67. The molecule has 0 radical (unpaired) electrons. The molecule has 96 valence electrons. The molecule has 0 aliphatic rings. The van der Waals surface area contributed by atoms with Crippen molar-refractivity contribution in [1.82, 2.24) is 15.1 Å². The highest BCUT2D eigenvalue weighted by atomic mass is 16.1. The Labute approximate surface area is 103 Å². The van der Waals surface area contributed by atoms with Crippen LogP contribution < -0.4 is 10.6 Å². The Hall–Kier alpha value is -1.36. The quantitative estimate of drug-likeness (QED) is 0.811. The van der Waals surface area contributed by atoms with Crippen molar-refractivity contribution < 1.29 is 4.79 Å². The average Bonchev–Trinajstić information content (AvgIpc) is 2.52. The number of aryl methyl sites for hydroxylation is 2. The summed E-state index contributed by atoms with van der Waals surface area (Å²) in [5.74, 6) is -0.0147. The SMILES string of the molecule is CCNCC(C)C(=O)Nc1c(C)nn(C)c1C. The lowest BCUT2D eigenvalue weighted by Crippen LogP contribution is -2.30. The minimum atomic E-state index is -0.0473. The lowest BCUT2D eigenvalue weighted by Gasteiger charge is -2.12. The van der Waals surface area contributed by atoms with Gasteiger partial charge in [0.25, 0.3) is 0 Å². The van der Waals surface area contributed by atoms with Gasteiger partial charge in [-0.05, 0) is 20.4 Å². The summed E-state index contributed by atoms with van der Waals surface area (Å²) >= 11 is 0. The molecule has 5 heteroatoms. The summed E-state index contributed by atoms with van der Waals surface area (Å²) in [6.45, 7) is 9.37. The maximum absolute atomic E-state index is 11.9. The number of rotatable bonds is 5. The van der Waals surface area contributed by atoms with Crippen molar-refractivity contribution in [3.05, 3.63) is 11.4 Å². The number of hydrogen-bond acceptors (Lipinski definition) is 3. The molecule has 0 bridgehead atoms. The highest BCUT2D eigenvalue weighted by molar-refractivity contribution is 5.93. The molecule has 5 nitrogen and oxygen atoms in total. The number of amides is 1. The monoisotopic (exact) mass is 238 g/mol. The minimum Gasteiger partial charge on any atom is -0.323 e. The third kappa shape index (κ3) is 3.30. The van der Waals surface area contributed by atoms with Crippen LogP contribution >= 0.6 is 0 Å². The van der Waals surface area contributed by atoms with E-state index in [1.807, 2.05) is 34.7 Å². The molecule has 0 aliphatic carbocycles. The van der Waals surface area contributed by atoms with E-state index in [2.05, 4.69) is 15.7 Å². The highest BCUT2D eigenvalue weighted by Gasteiger charge is 2.16. The summed E-state index contributed by atoms with van der Waals surface area (Å²) in [6, 6.07) is 0. The van der Waals surface area contributed by atoms with Gasteiger partial charge in [-0.1, -0.05) is 13.8 Å². The zero-order chi connectivity index (χ0) is 13.0. The fraction of sp³-hybridized carbons (Fsp3) is 0.667. The maximum atomic E-state index is 11.9. The molecule has 0 spiro atoms. The molecule has 0 aliphatic heterocycles. The van der Waals surface area contributed by atoms with Gasteiger partial charge in [0.2, 0.25) is 5.91 Å². The zero-order valence-electron chi connectivity index (χ0n) is 11.3. The second-order valence-corrected chi connectivity index (χ2v) is 4.37. The molecule has 0 fully saturated rings. The average molecular weight is 238 g/mol. The van der Waals surface area contributed by atoms with E-state index in [0.29, 0.717) is 6.54 Å².